The number of allylic oxidation sites excluding steroid dienone is 1. The van der Waals surface area contributed by atoms with Crippen LogP contribution >= 0.6 is 0 Å². The quantitative estimate of drug-likeness (QED) is 0.649. The molecule has 0 N–H and O–H groups in total. The van der Waals surface area contributed by atoms with Gasteiger partial charge in [0.1, 0.15) is 5.78 Å². The number of carbonyl (C=O) groups excluding carboxylic acids is 1. The molecule has 1 aliphatic heterocycles. The highest BCUT2D eigenvalue weighted by molar-refractivity contribution is 5.80. The van der Waals surface area contributed by atoms with E-state index < -0.39 is 0 Å². The number of fused-ring (bicyclic) bond motifs is 1. The average molecular weight is 374 g/mol. The van der Waals surface area contributed by atoms with Crippen LogP contribution in [0.3, 0.4) is 0 Å². The maximum absolute atomic E-state index is 12.7. The maximum Gasteiger partial charge on any atom is 0.133 e. The summed E-state index contributed by atoms with van der Waals surface area (Å²) in [5.74, 6) is 2.27. The summed E-state index contributed by atoms with van der Waals surface area (Å²) in [6, 6.07) is 21.9. The van der Waals surface area contributed by atoms with E-state index in [0.29, 0.717) is 41.9 Å². The van der Waals surface area contributed by atoms with E-state index in [9.17, 15) is 4.79 Å². The SMILES string of the molecule is C=CC[C@@H]1C2CC(=O)C[C@H](c3ccccc3)[C@@H]2CN(Cc2ccccc2)[C@H]1C. The number of ketones is 1. The Labute approximate surface area is 169 Å². The molecular weight excluding hydrogens is 342 g/mol. The van der Waals surface area contributed by atoms with Crippen molar-refractivity contribution in [3.8, 4) is 0 Å². The lowest BCUT2D eigenvalue weighted by molar-refractivity contribution is -0.128. The summed E-state index contributed by atoms with van der Waals surface area (Å²) in [6.07, 6.45) is 4.48. The fourth-order valence-corrected chi connectivity index (χ4v) is 5.65. The van der Waals surface area contributed by atoms with Gasteiger partial charge in [-0.1, -0.05) is 66.7 Å². The number of Topliss-reactive ketones (excluding diaryl/α,β-unsaturated/α-hetero) is 1. The van der Waals surface area contributed by atoms with Gasteiger partial charge in [0, 0.05) is 32.0 Å². The van der Waals surface area contributed by atoms with Crippen LogP contribution in [0.1, 0.15) is 43.2 Å². The fourth-order valence-electron chi connectivity index (χ4n) is 5.65. The summed E-state index contributed by atoms with van der Waals surface area (Å²) in [6.45, 7) is 8.43. The van der Waals surface area contributed by atoms with Crippen molar-refractivity contribution in [3.05, 3.63) is 84.4 Å². The molecule has 146 valence electrons. The molecule has 0 aromatic heterocycles. The van der Waals surface area contributed by atoms with Gasteiger partial charge in [-0.15, -0.1) is 6.58 Å². The highest BCUT2D eigenvalue weighted by atomic mass is 16.1. The molecule has 1 aliphatic carbocycles. The van der Waals surface area contributed by atoms with Gasteiger partial charge in [-0.25, -0.2) is 0 Å². The highest BCUT2D eigenvalue weighted by Crippen LogP contribution is 2.49. The predicted octanol–water partition coefficient (Wildman–Crippen LogP) is 5.46. The van der Waals surface area contributed by atoms with Crippen LogP contribution in [-0.4, -0.2) is 23.3 Å². The Morgan fingerprint density at radius 2 is 1.68 bits per heavy atom. The summed E-state index contributed by atoms with van der Waals surface area (Å²) < 4.78 is 0. The number of hydrogen-bond acceptors (Lipinski definition) is 2. The van der Waals surface area contributed by atoms with Gasteiger partial charge >= 0.3 is 0 Å². The topological polar surface area (TPSA) is 20.3 Å². The van der Waals surface area contributed by atoms with Crippen molar-refractivity contribution in [2.75, 3.05) is 6.54 Å². The maximum atomic E-state index is 12.7. The van der Waals surface area contributed by atoms with E-state index >= 15 is 0 Å². The second-order valence-corrected chi connectivity index (χ2v) is 8.64. The zero-order valence-corrected chi connectivity index (χ0v) is 16.8. The fraction of sp³-hybridized carbons (Fsp3) is 0.423. The molecule has 28 heavy (non-hydrogen) atoms. The first-order chi connectivity index (χ1) is 13.7. The number of benzene rings is 2. The van der Waals surface area contributed by atoms with Crippen LogP contribution in [0.15, 0.2) is 73.3 Å². The van der Waals surface area contributed by atoms with Crippen molar-refractivity contribution >= 4 is 5.78 Å². The van der Waals surface area contributed by atoms with Crippen LogP contribution in [0.4, 0.5) is 0 Å². The Hall–Kier alpha value is -2.19. The minimum atomic E-state index is 0.338. The van der Waals surface area contributed by atoms with Crippen LogP contribution in [0.2, 0.25) is 0 Å². The lowest BCUT2D eigenvalue weighted by atomic mass is 9.60. The Balaban J connectivity index is 1.66. The molecule has 2 nitrogen and oxygen atoms in total. The van der Waals surface area contributed by atoms with Gasteiger partial charge in [-0.2, -0.15) is 0 Å². The molecule has 0 amide bonds. The van der Waals surface area contributed by atoms with Crippen LogP contribution in [0, 0.1) is 17.8 Å². The number of nitrogens with zero attached hydrogens (tertiary/aromatic N) is 1. The smallest absolute Gasteiger partial charge is 0.133 e. The Bertz CT molecular complexity index is 800. The van der Waals surface area contributed by atoms with E-state index in [0.717, 1.165) is 25.9 Å². The van der Waals surface area contributed by atoms with Crippen LogP contribution in [0.25, 0.3) is 0 Å². The molecule has 1 heterocycles. The Morgan fingerprint density at radius 3 is 2.36 bits per heavy atom. The lowest BCUT2D eigenvalue weighted by Crippen LogP contribution is -2.55. The number of piperidine rings is 1. The van der Waals surface area contributed by atoms with Crippen LogP contribution in [0.5, 0.6) is 0 Å². The minimum Gasteiger partial charge on any atom is -0.300 e. The van der Waals surface area contributed by atoms with Gasteiger partial charge in [-0.3, -0.25) is 9.69 Å². The van der Waals surface area contributed by atoms with Gasteiger partial charge in [0.2, 0.25) is 0 Å². The molecule has 2 aromatic rings. The summed E-state index contributed by atoms with van der Waals surface area (Å²) in [5.41, 5.74) is 2.70. The van der Waals surface area contributed by atoms with Gasteiger partial charge in [0.15, 0.2) is 0 Å². The summed E-state index contributed by atoms with van der Waals surface area (Å²) in [4.78, 5) is 15.3. The lowest BCUT2D eigenvalue weighted by Gasteiger charge is -2.52. The molecule has 0 radical (unpaired) electrons. The molecule has 1 saturated heterocycles. The minimum absolute atomic E-state index is 0.338. The molecule has 1 unspecified atom stereocenters. The van der Waals surface area contributed by atoms with Crippen molar-refractivity contribution in [3.63, 3.8) is 0 Å². The van der Waals surface area contributed by atoms with Crippen molar-refractivity contribution in [2.45, 2.75) is 44.7 Å². The van der Waals surface area contributed by atoms with E-state index in [-0.39, 0.29) is 0 Å². The summed E-state index contributed by atoms with van der Waals surface area (Å²) in [7, 11) is 0. The van der Waals surface area contributed by atoms with E-state index in [1.54, 1.807) is 0 Å². The third kappa shape index (κ3) is 3.84. The number of hydrogen-bond donors (Lipinski definition) is 0. The second-order valence-electron chi connectivity index (χ2n) is 8.64. The average Bonchev–Trinajstić information content (AvgIpc) is 2.72. The summed E-state index contributed by atoms with van der Waals surface area (Å²) >= 11 is 0. The van der Waals surface area contributed by atoms with Crippen LogP contribution in [-0.2, 0) is 11.3 Å². The zero-order chi connectivity index (χ0) is 19.5. The molecule has 4 rings (SSSR count). The van der Waals surface area contributed by atoms with Crippen molar-refractivity contribution < 1.29 is 4.79 Å². The second kappa shape index (κ2) is 8.45. The van der Waals surface area contributed by atoms with Crippen LogP contribution < -0.4 is 0 Å². The number of likely N-dealkylation sites (tertiary alicyclic amines) is 1. The van der Waals surface area contributed by atoms with Gasteiger partial charge in [0.05, 0.1) is 0 Å². The number of rotatable bonds is 5. The van der Waals surface area contributed by atoms with Crippen molar-refractivity contribution in [1.29, 1.82) is 0 Å². The molecule has 2 aliphatic rings. The molecule has 5 atom stereocenters. The molecule has 0 bridgehead atoms. The van der Waals surface area contributed by atoms with Crippen molar-refractivity contribution in [2.24, 2.45) is 17.8 Å². The Kier molecular flexibility index (Phi) is 5.77. The van der Waals surface area contributed by atoms with Gasteiger partial charge < -0.3 is 0 Å². The highest BCUT2D eigenvalue weighted by Gasteiger charge is 2.47. The molecule has 0 spiro atoms. The molecule has 2 aromatic carbocycles. The van der Waals surface area contributed by atoms with Gasteiger partial charge in [0.25, 0.3) is 0 Å². The molecule has 2 heteroatoms. The first kappa shape index (κ1) is 19.1. The predicted molar refractivity (Wildman–Crippen MR) is 115 cm³/mol. The van der Waals surface area contributed by atoms with Gasteiger partial charge in [-0.05, 0) is 48.1 Å². The zero-order valence-electron chi connectivity index (χ0n) is 16.8. The standard InChI is InChI=1S/C26H31NO/c1-3-10-23-19(2)27(17-20-11-6-4-7-12-20)18-26-24(15-22(28)16-25(23)26)21-13-8-5-9-14-21/h3-9,11-14,19,23-26H,1,10,15-18H2,2H3/t19-,23-,24+,25?,26-/m0/s1. The first-order valence-corrected chi connectivity index (χ1v) is 10.6. The third-order valence-corrected chi connectivity index (χ3v) is 7.06. The Morgan fingerprint density at radius 1 is 1.00 bits per heavy atom. The largest absolute Gasteiger partial charge is 0.300 e. The number of carbonyl (C=O) groups is 1. The van der Waals surface area contributed by atoms with Crippen molar-refractivity contribution in [1.82, 2.24) is 4.90 Å². The van der Waals surface area contributed by atoms with E-state index in [4.69, 9.17) is 0 Å². The van der Waals surface area contributed by atoms with E-state index in [1.165, 1.54) is 11.1 Å². The first-order valence-electron chi connectivity index (χ1n) is 10.6. The van der Waals surface area contributed by atoms with E-state index in [2.05, 4.69) is 85.1 Å². The van der Waals surface area contributed by atoms with E-state index in [1.807, 2.05) is 0 Å². The monoisotopic (exact) mass is 373 g/mol. The molecule has 2 fully saturated rings. The third-order valence-electron chi connectivity index (χ3n) is 7.06. The normalized spacial score (nSPS) is 30.6. The molecule has 1 saturated carbocycles. The summed E-state index contributed by atoms with van der Waals surface area (Å²) in [5, 5.41) is 0. The molecular formula is C26H31NO.